The van der Waals surface area contributed by atoms with Crippen LogP contribution in [0, 0.1) is 0 Å². The summed E-state index contributed by atoms with van der Waals surface area (Å²) in [6.45, 7) is -8.37. The van der Waals surface area contributed by atoms with Crippen molar-refractivity contribution in [3.63, 3.8) is 0 Å². The Hall–Kier alpha value is -1.04. The molecular formula is C18H29BN2O2. The zero-order valence-corrected chi connectivity index (χ0v) is 13.3. The number of anilines is 1. The summed E-state index contributed by atoms with van der Waals surface area (Å²) in [6.07, 6.45) is 0. The third kappa shape index (κ3) is 3.15. The van der Waals surface area contributed by atoms with Crippen molar-refractivity contribution >= 4 is 18.3 Å². The summed E-state index contributed by atoms with van der Waals surface area (Å²) < 4.78 is 145. The second-order valence-electron chi connectivity index (χ2n) is 6.27. The second-order valence-corrected chi connectivity index (χ2v) is 6.27. The molecule has 0 amide bonds. The predicted octanol–water partition coefficient (Wildman–Crippen LogP) is 2.17. The van der Waals surface area contributed by atoms with Crippen LogP contribution in [0.15, 0.2) is 24.2 Å². The third-order valence-electron chi connectivity index (χ3n) is 4.10. The van der Waals surface area contributed by atoms with Crippen molar-refractivity contribution in [2.45, 2.75) is 64.6 Å². The highest BCUT2D eigenvalue weighted by molar-refractivity contribution is 6.62. The van der Waals surface area contributed by atoms with Gasteiger partial charge in [-0.25, -0.2) is 0 Å². The maximum absolute atomic E-state index is 8.85. The van der Waals surface area contributed by atoms with Gasteiger partial charge >= 0.3 is 7.12 Å². The summed E-state index contributed by atoms with van der Waals surface area (Å²) in [6, 6.07) is -11.3. The Morgan fingerprint density at radius 3 is 2.74 bits per heavy atom. The van der Waals surface area contributed by atoms with Crippen molar-refractivity contribution in [1.29, 1.82) is 0 Å². The Labute approximate surface area is 163 Å². The lowest BCUT2D eigenvalue weighted by Gasteiger charge is -2.39. The minimum Gasteiger partial charge on any atom is -0.399 e. The smallest absolute Gasteiger partial charge is 0.399 e. The molecular weight excluding hydrogens is 287 g/mol. The first-order valence-corrected chi connectivity index (χ1v) is 7.09. The molecule has 0 radical (unpaired) electrons. The average Bonchev–Trinajstić information content (AvgIpc) is 2.92. The van der Waals surface area contributed by atoms with E-state index in [1.54, 1.807) is 33.0 Å². The van der Waals surface area contributed by atoms with Crippen molar-refractivity contribution in [2.75, 3.05) is 17.9 Å². The monoisotopic (exact) mass is 332 g/mol. The van der Waals surface area contributed by atoms with E-state index in [1.165, 1.54) is 0 Å². The highest BCUT2D eigenvalue weighted by atomic mass is 16.7. The molecule has 2 aliphatic rings. The summed E-state index contributed by atoms with van der Waals surface area (Å²) in [5, 5.41) is 1.57. The van der Waals surface area contributed by atoms with Gasteiger partial charge in [-0.1, -0.05) is 12.1 Å². The van der Waals surface area contributed by atoms with Crippen LogP contribution in [0.4, 0.5) is 5.69 Å². The van der Waals surface area contributed by atoms with Crippen LogP contribution in [0.1, 0.15) is 63.3 Å². The van der Waals surface area contributed by atoms with E-state index in [2.05, 4.69) is 0 Å². The Morgan fingerprint density at radius 1 is 1.35 bits per heavy atom. The van der Waals surface area contributed by atoms with E-state index in [9.17, 15) is 0 Å². The maximum atomic E-state index is 8.85. The Bertz CT molecular complexity index is 1170. The second kappa shape index (κ2) is 5.80. The molecule has 126 valence electrons. The van der Waals surface area contributed by atoms with Crippen LogP contribution in [0.2, 0.25) is 0 Å². The van der Waals surface area contributed by atoms with E-state index in [0.29, 0.717) is 0 Å². The molecule has 2 aliphatic heterocycles. The minimum atomic E-state index is -3.81. The highest BCUT2D eigenvalue weighted by Crippen LogP contribution is 2.36. The van der Waals surface area contributed by atoms with E-state index in [1.807, 2.05) is 0 Å². The van der Waals surface area contributed by atoms with E-state index in [-0.39, 0.29) is 4.90 Å². The average molecular weight is 332 g/mol. The number of benzene rings is 1. The minimum absolute atomic E-state index is 0.236. The van der Waals surface area contributed by atoms with Gasteiger partial charge in [-0.3, -0.25) is 0 Å². The first kappa shape index (κ1) is 6.04. The number of nitrogens with one attached hydrogen (secondary N) is 1. The lowest BCUT2D eigenvalue weighted by molar-refractivity contribution is 0.00578. The van der Waals surface area contributed by atoms with Crippen LogP contribution in [-0.2, 0) is 9.31 Å². The van der Waals surface area contributed by atoms with Crippen LogP contribution in [0.5, 0.6) is 0 Å². The standard InChI is InChI=1S/C18H29BN2O2/c1-13-12-21(14(2)11-20-13)16-9-7-8-15(10-16)19-22-17(3,4)18(5,6)23-19/h7-10,13-14,20H,11-12H2,1-6H3/i1D3,2D3,7D,8D,9D,10D,11D2,12D2,13D,14D. The molecule has 0 spiro atoms. The Balaban J connectivity index is 2.50. The predicted molar refractivity (Wildman–Crippen MR) is 96.4 cm³/mol. The van der Waals surface area contributed by atoms with Crippen LogP contribution >= 0.6 is 0 Å². The number of nitrogens with zero attached hydrogens (tertiary/aromatic N) is 1. The Kier molecular flexibility index (Phi) is 1.52. The molecule has 3 rings (SSSR count). The normalized spacial score (nSPS) is 51.8. The lowest BCUT2D eigenvalue weighted by atomic mass is 9.79. The van der Waals surface area contributed by atoms with E-state index < -0.39 is 92.4 Å². The number of rotatable bonds is 2. The van der Waals surface area contributed by atoms with Gasteiger partial charge in [-0.05, 0) is 58.9 Å². The first-order valence-electron chi connectivity index (χ1n) is 15.1. The number of hydrogen-bond acceptors (Lipinski definition) is 4. The fourth-order valence-corrected chi connectivity index (χ4v) is 2.08. The molecule has 2 saturated heterocycles. The molecule has 23 heavy (non-hydrogen) atoms. The summed E-state index contributed by atoms with van der Waals surface area (Å²) in [4.78, 5) is -0.236. The number of piperazine rings is 1. The molecule has 2 atom stereocenters. The molecule has 0 aliphatic carbocycles. The molecule has 1 N–H and O–H groups in total. The molecule has 1 aromatic carbocycles. The summed E-state index contributed by atoms with van der Waals surface area (Å²) in [5.74, 6) is 0. The van der Waals surface area contributed by atoms with Gasteiger partial charge in [0.15, 0.2) is 0 Å². The van der Waals surface area contributed by atoms with Crippen molar-refractivity contribution in [3.05, 3.63) is 24.2 Å². The quantitative estimate of drug-likeness (QED) is 0.842. The molecule has 4 nitrogen and oxygen atoms in total. The molecule has 0 saturated carbocycles. The van der Waals surface area contributed by atoms with Gasteiger partial charge < -0.3 is 19.5 Å². The molecule has 0 aromatic heterocycles. The van der Waals surface area contributed by atoms with E-state index >= 15 is 0 Å². The molecule has 5 heteroatoms. The van der Waals surface area contributed by atoms with Crippen LogP contribution in [0.3, 0.4) is 0 Å². The molecule has 2 fully saturated rings. The van der Waals surface area contributed by atoms with E-state index in [0.717, 1.165) is 0 Å². The lowest BCUT2D eigenvalue weighted by Crippen LogP contribution is -2.54. The van der Waals surface area contributed by atoms with Crippen LogP contribution in [0.25, 0.3) is 0 Å². The molecule has 2 unspecified atom stereocenters. The van der Waals surface area contributed by atoms with Crippen molar-refractivity contribution in [1.82, 2.24) is 5.32 Å². The largest absolute Gasteiger partial charge is 0.494 e. The summed E-state index contributed by atoms with van der Waals surface area (Å²) >= 11 is 0. The molecule has 2 heterocycles. The zero-order valence-electron chi connectivity index (χ0n) is 29.3. The van der Waals surface area contributed by atoms with Crippen molar-refractivity contribution < 1.29 is 31.2 Å². The van der Waals surface area contributed by atoms with Gasteiger partial charge in [-0.15, -0.1) is 0 Å². The fraction of sp³-hybridized carbons (Fsp3) is 0.667. The van der Waals surface area contributed by atoms with Gasteiger partial charge in [-0.2, -0.15) is 0 Å². The van der Waals surface area contributed by atoms with Gasteiger partial charge in [0.05, 0.1) is 20.8 Å². The van der Waals surface area contributed by atoms with Crippen LogP contribution in [-0.4, -0.2) is 43.3 Å². The van der Waals surface area contributed by atoms with Gasteiger partial charge in [0.1, 0.15) is 0 Å². The van der Waals surface area contributed by atoms with E-state index in [4.69, 9.17) is 31.2 Å². The SMILES string of the molecule is [2H]c1c([2H])c(B2OC(C)(C)C(C)(C)O2)c([2H])c(N2C([2H])([2H])C([2H])(C([2H])([2H])[2H])NC([2H])([2H])C2([2H])C([2H])([2H])[2H])c1[2H]. The van der Waals surface area contributed by atoms with Gasteiger partial charge in [0.2, 0.25) is 0 Å². The van der Waals surface area contributed by atoms with Crippen LogP contribution < -0.4 is 15.7 Å². The highest BCUT2D eigenvalue weighted by Gasteiger charge is 2.51. The number of hydrogen-bond donors (Lipinski definition) is 1. The molecule has 1 aromatic rings. The topological polar surface area (TPSA) is 33.7 Å². The first-order chi connectivity index (χ1) is 17.0. The summed E-state index contributed by atoms with van der Waals surface area (Å²) in [5.41, 5.74) is -3.79. The zero-order chi connectivity index (χ0) is 30.7. The summed E-state index contributed by atoms with van der Waals surface area (Å²) in [7, 11) is -1.56. The third-order valence-corrected chi connectivity index (χ3v) is 4.10. The van der Waals surface area contributed by atoms with Crippen molar-refractivity contribution in [2.24, 2.45) is 0 Å². The maximum Gasteiger partial charge on any atom is 0.494 e. The molecule has 0 bridgehead atoms. The fourth-order valence-electron chi connectivity index (χ4n) is 2.08. The van der Waals surface area contributed by atoms with Crippen molar-refractivity contribution in [3.8, 4) is 0 Å². The van der Waals surface area contributed by atoms with Gasteiger partial charge in [0, 0.05) is 43.1 Å². The Morgan fingerprint density at radius 2 is 2.09 bits per heavy atom. The van der Waals surface area contributed by atoms with Gasteiger partial charge in [0.25, 0.3) is 0 Å².